The minimum Gasteiger partial charge on any atom is -0.365 e. The molecule has 1 N–H and O–H groups in total. The van der Waals surface area contributed by atoms with Crippen LogP contribution in [-0.2, 0) is 6.54 Å². The average Bonchev–Trinajstić information content (AvgIpc) is 3.03. The molecule has 0 saturated heterocycles. The third-order valence-electron chi connectivity index (χ3n) is 6.43. The molecule has 7 heteroatoms. The van der Waals surface area contributed by atoms with Crippen molar-refractivity contribution in [2.45, 2.75) is 64.5 Å². The highest BCUT2D eigenvalue weighted by molar-refractivity contribution is 5.83. The van der Waals surface area contributed by atoms with Crippen LogP contribution >= 0.6 is 0 Å². The molecule has 27 heavy (non-hydrogen) atoms. The van der Waals surface area contributed by atoms with Crippen LogP contribution in [0.25, 0.3) is 11.2 Å². The summed E-state index contributed by atoms with van der Waals surface area (Å²) in [6.07, 6.45) is 9.60. The number of alkyl halides is 1. The van der Waals surface area contributed by atoms with Gasteiger partial charge in [-0.15, -0.1) is 0 Å². The van der Waals surface area contributed by atoms with Crippen molar-refractivity contribution in [2.24, 2.45) is 17.8 Å². The molecule has 2 aromatic rings. The van der Waals surface area contributed by atoms with E-state index in [0.29, 0.717) is 29.3 Å². The predicted octanol–water partition coefficient (Wildman–Crippen LogP) is 4.07. The zero-order valence-corrected chi connectivity index (χ0v) is 15.9. The van der Waals surface area contributed by atoms with E-state index < -0.39 is 0 Å². The molecule has 0 bridgehead atoms. The first-order chi connectivity index (χ1) is 13.2. The standard InChI is InChI=1S/C20H27FN6/c1-13(16-3-2-4-16)24-20-18-19(25-17(10-22)26-20)23-12-27(18)11-15-7-5-14(9-21)6-8-15/h12-16H,2-9,11H2,1H3,(H,24,25,26)/t13-,14?,15?/m1/s1. The van der Waals surface area contributed by atoms with Crippen LogP contribution in [0.2, 0.25) is 0 Å². The number of hydrogen-bond donors (Lipinski definition) is 1. The summed E-state index contributed by atoms with van der Waals surface area (Å²) in [7, 11) is 0. The number of nitrogens with one attached hydrogen (secondary N) is 1. The van der Waals surface area contributed by atoms with Crippen LogP contribution in [0.4, 0.5) is 10.2 Å². The molecule has 1 atom stereocenters. The Balaban J connectivity index is 1.58. The van der Waals surface area contributed by atoms with Crippen LogP contribution < -0.4 is 5.32 Å². The van der Waals surface area contributed by atoms with Gasteiger partial charge in [-0.1, -0.05) is 6.42 Å². The summed E-state index contributed by atoms with van der Waals surface area (Å²) < 4.78 is 15.0. The second-order valence-electron chi connectivity index (χ2n) is 8.24. The van der Waals surface area contributed by atoms with Crippen molar-refractivity contribution >= 4 is 17.0 Å². The van der Waals surface area contributed by atoms with E-state index in [1.54, 1.807) is 6.33 Å². The van der Waals surface area contributed by atoms with Gasteiger partial charge in [-0.05, 0) is 63.2 Å². The van der Waals surface area contributed by atoms with Crippen LogP contribution in [0.15, 0.2) is 6.33 Å². The lowest BCUT2D eigenvalue weighted by Crippen LogP contribution is -2.31. The van der Waals surface area contributed by atoms with Gasteiger partial charge in [-0.3, -0.25) is 4.39 Å². The highest BCUT2D eigenvalue weighted by Crippen LogP contribution is 2.33. The molecule has 144 valence electrons. The number of nitriles is 1. The lowest BCUT2D eigenvalue weighted by atomic mass is 9.80. The van der Waals surface area contributed by atoms with E-state index in [1.807, 2.05) is 6.07 Å². The third-order valence-corrected chi connectivity index (χ3v) is 6.43. The van der Waals surface area contributed by atoms with Gasteiger partial charge in [-0.2, -0.15) is 15.2 Å². The number of aromatic nitrogens is 4. The van der Waals surface area contributed by atoms with Gasteiger partial charge in [0.15, 0.2) is 11.5 Å². The van der Waals surface area contributed by atoms with Gasteiger partial charge in [0.1, 0.15) is 11.6 Å². The van der Waals surface area contributed by atoms with E-state index in [-0.39, 0.29) is 18.4 Å². The smallest absolute Gasteiger partial charge is 0.236 e. The van der Waals surface area contributed by atoms with Crippen LogP contribution in [0.3, 0.4) is 0 Å². The number of nitrogens with zero attached hydrogens (tertiary/aromatic N) is 5. The molecule has 0 aromatic carbocycles. The molecular weight excluding hydrogens is 343 g/mol. The van der Waals surface area contributed by atoms with Crippen molar-refractivity contribution in [3.63, 3.8) is 0 Å². The van der Waals surface area contributed by atoms with Crippen LogP contribution in [-0.4, -0.2) is 32.2 Å². The lowest BCUT2D eigenvalue weighted by Gasteiger charge is -2.32. The fraction of sp³-hybridized carbons (Fsp3) is 0.700. The van der Waals surface area contributed by atoms with Crippen molar-refractivity contribution < 1.29 is 4.39 Å². The second-order valence-corrected chi connectivity index (χ2v) is 8.24. The fourth-order valence-corrected chi connectivity index (χ4v) is 4.39. The highest BCUT2D eigenvalue weighted by Gasteiger charge is 2.26. The summed E-state index contributed by atoms with van der Waals surface area (Å²) in [6, 6.07) is 2.36. The Morgan fingerprint density at radius 2 is 1.96 bits per heavy atom. The normalized spacial score (nSPS) is 24.3. The Hall–Kier alpha value is -2.23. The predicted molar refractivity (Wildman–Crippen MR) is 102 cm³/mol. The van der Waals surface area contributed by atoms with Crippen LogP contribution in [0.5, 0.6) is 0 Å². The van der Waals surface area contributed by atoms with Gasteiger partial charge < -0.3 is 9.88 Å². The first kappa shape index (κ1) is 18.1. The number of anilines is 1. The van der Waals surface area contributed by atoms with Crippen LogP contribution in [0, 0.1) is 29.1 Å². The quantitative estimate of drug-likeness (QED) is 0.829. The summed E-state index contributed by atoms with van der Waals surface area (Å²) >= 11 is 0. The molecular formula is C20H27FN6. The second kappa shape index (κ2) is 7.79. The number of fused-ring (bicyclic) bond motifs is 1. The van der Waals surface area contributed by atoms with Gasteiger partial charge in [0, 0.05) is 12.6 Å². The van der Waals surface area contributed by atoms with Crippen molar-refractivity contribution in [3.05, 3.63) is 12.2 Å². The maximum absolute atomic E-state index is 12.9. The fourth-order valence-electron chi connectivity index (χ4n) is 4.39. The molecule has 0 radical (unpaired) electrons. The first-order valence-corrected chi connectivity index (χ1v) is 10.1. The van der Waals surface area contributed by atoms with E-state index in [4.69, 9.17) is 0 Å². The monoisotopic (exact) mass is 370 g/mol. The molecule has 4 rings (SSSR count). The van der Waals surface area contributed by atoms with Crippen molar-refractivity contribution in [1.82, 2.24) is 19.5 Å². The molecule has 6 nitrogen and oxygen atoms in total. The summed E-state index contributed by atoms with van der Waals surface area (Å²) in [4.78, 5) is 13.2. The summed E-state index contributed by atoms with van der Waals surface area (Å²) in [6.45, 7) is 2.83. The summed E-state index contributed by atoms with van der Waals surface area (Å²) in [5.74, 6) is 2.29. The molecule has 0 aliphatic heterocycles. The molecule has 2 fully saturated rings. The maximum atomic E-state index is 12.9. The molecule has 2 heterocycles. The van der Waals surface area contributed by atoms with Gasteiger partial charge in [0.2, 0.25) is 5.82 Å². The molecule has 0 amide bonds. The topological polar surface area (TPSA) is 79.4 Å². The molecule has 2 aromatic heterocycles. The molecule has 2 aliphatic carbocycles. The van der Waals surface area contributed by atoms with E-state index in [1.165, 1.54) is 19.3 Å². The van der Waals surface area contributed by atoms with Gasteiger partial charge in [0.05, 0.1) is 13.0 Å². The van der Waals surface area contributed by atoms with E-state index in [9.17, 15) is 9.65 Å². The molecule has 0 spiro atoms. The van der Waals surface area contributed by atoms with Gasteiger partial charge >= 0.3 is 0 Å². The number of hydrogen-bond acceptors (Lipinski definition) is 5. The molecule has 2 saturated carbocycles. The Labute approximate surface area is 159 Å². The Morgan fingerprint density at radius 1 is 1.22 bits per heavy atom. The zero-order chi connectivity index (χ0) is 18.8. The summed E-state index contributed by atoms with van der Waals surface area (Å²) in [5, 5.41) is 12.8. The van der Waals surface area contributed by atoms with E-state index in [0.717, 1.165) is 37.7 Å². The average molecular weight is 370 g/mol. The molecule has 0 unspecified atom stereocenters. The highest BCUT2D eigenvalue weighted by atomic mass is 19.1. The number of halogens is 1. The zero-order valence-electron chi connectivity index (χ0n) is 15.9. The van der Waals surface area contributed by atoms with Gasteiger partial charge in [-0.25, -0.2) is 4.98 Å². The molecule has 2 aliphatic rings. The summed E-state index contributed by atoms with van der Waals surface area (Å²) in [5.41, 5.74) is 1.45. The van der Waals surface area contributed by atoms with E-state index in [2.05, 4.69) is 31.8 Å². The maximum Gasteiger partial charge on any atom is 0.236 e. The SMILES string of the molecule is C[C@@H](Nc1nc(C#N)nc2ncn(CC3CCC(CF)CC3)c12)C1CCC1. The minimum atomic E-state index is -0.196. The Bertz CT molecular complexity index is 829. The number of imidazole rings is 1. The minimum absolute atomic E-state index is 0.152. The van der Waals surface area contributed by atoms with Crippen molar-refractivity contribution in [1.29, 1.82) is 5.26 Å². The van der Waals surface area contributed by atoms with E-state index >= 15 is 0 Å². The number of rotatable bonds is 6. The largest absolute Gasteiger partial charge is 0.365 e. The van der Waals surface area contributed by atoms with Gasteiger partial charge in [0.25, 0.3) is 0 Å². The first-order valence-electron chi connectivity index (χ1n) is 10.1. The van der Waals surface area contributed by atoms with Crippen molar-refractivity contribution in [3.8, 4) is 6.07 Å². The van der Waals surface area contributed by atoms with Crippen LogP contribution in [0.1, 0.15) is 57.7 Å². The third kappa shape index (κ3) is 3.76. The lowest BCUT2D eigenvalue weighted by molar-refractivity contribution is 0.218. The van der Waals surface area contributed by atoms with Crippen molar-refractivity contribution in [2.75, 3.05) is 12.0 Å². The Morgan fingerprint density at radius 3 is 2.59 bits per heavy atom. The Kier molecular flexibility index (Phi) is 5.24.